The van der Waals surface area contributed by atoms with Crippen LogP contribution in [0.4, 0.5) is 0 Å². The summed E-state index contributed by atoms with van der Waals surface area (Å²) in [7, 11) is 0. The molecule has 0 radical (unpaired) electrons. The molecule has 27 heavy (non-hydrogen) atoms. The molecule has 0 aliphatic carbocycles. The summed E-state index contributed by atoms with van der Waals surface area (Å²) < 4.78 is 0.692. The van der Waals surface area contributed by atoms with E-state index in [0.29, 0.717) is 15.5 Å². The van der Waals surface area contributed by atoms with Gasteiger partial charge in [-0.15, -0.1) is 0 Å². The minimum absolute atomic E-state index is 0.692. The number of rotatable bonds is 3. The van der Waals surface area contributed by atoms with Gasteiger partial charge < -0.3 is 0 Å². The molecule has 0 saturated heterocycles. The van der Waals surface area contributed by atoms with Gasteiger partial charge in [0.1, 0.15) is 0 Å². The number of aryl methyl sites for hydroxylation is 2. The van der Waals surface area contributed by atoms with Gasteiger partial charge in [-0.05, 0) is 42.2 Å². The average molecular weight is 463 g/mol. The highest BCUT2D eigenvalue weighted by Crippen LogP contribution is 2.30. The van der Waals surface area contributed by atoms with Crippen LogP contribution in [0.1, 0.15) is 11.1 Å². The molecule has 4 aromatic rings. The molecule has 0 atom stereocenters. The van der Waals surface area contributed by atoms with Crippen molar-refractivity contribution in [2.45, 2.75) is 13.8 Å². The summed E-state index contributed by atoms with van der Waals surface area (Å²) in [6.45, 7) is 4.28. The van der Waals surface area contributed by atoms with E-state index >= 15 is 0 Å². The summed E-state index contributed by atoms with van der Waals surface area (Å²) >= 11 is 2.15. The molecule has 3 nitrogen and oxygen atoms in total. The SMILES string of the molecule is Cc1ccccc1-c1ccc(-c2nc(I)nc(-c3ccccc3)n2)cc1C. The Morgan fingerprint density at radius 2 is 1.22 bits per heavy atom. The molecular weight excluding hydrogens is 445 g/mol. The molecule has 4 heteroatoms. The number of hydrogen-bond donors (Lipinski definition) is 0. The molecule has 0 fully saturated rings. The fraction of sp³-hybridized carbons (Fsp3) is 0.0870. The Balaban J connectivity index is 1.78. The lowest BCUT2D eigenvalue weighted by molar-refractivity contribution is 1.02. The highest BCUT2D eigenvalue weighted by molar-refractivity contribution is 14.1. The van der Waals surface area contributed by atoms with Gasteiger partial charge >= 0.3 is 0 Å². The molecular formula is C23H18IN3. The van der Waals surface area contributed by atoms with Gasteiger partial charge in [0.05, 0.1) is 0 Å². The Morgan fingerprint density at radius 3 is 1.93 bits per heavy atom. The third kappa shape index (κ3) is 3.76. The third-order valence-corrected chi connectivity index (χ3v) is 5.04. The number of hydrogen-bond acceptors (Lipinski definition) is 3. The Hall–Kier alpha value is -2.60. The van der Waals surface area contributed by atoms with Gasteiger partial charge in [0.25, 0.3) is 0 Å². The summed E-state index contributed by atoms with van der Waals surface area (Å²) in [5.41, 5.74) is 6.98. The van der Waals surface area contributed by atoms with Crippen molar-refractivity contribution in [3.8, 4) is 33.9 Å². The van der Waals surface area contributed by atoms with Crippen molar-refractivity contribution in [2.75, 3.05) is 0 Å². The van der Waals surface area contributed by atoms with Crippen molar-refractivity contribution in [1.29, 1.82) is 0 Å². The van der Waals surface area contributed by atoms with Crippen LogP contribution in [0.15, 0.2) is 72.8 Å². The molecule has 0 unspecified atom stereocenters. The Morgan fingerprint density at radius 1 is 0.593 bits per heavy atom. The van der Waals surface area contributed by atoms with Crippen LogP contribution < -0.4 is 0 Å². The van der Waals surface area contributed by atoms with Crippen molar-refractivity contribution in [3.63, 3.8) is 0 Å². The molecule has 0 N–H and O–H groups in total. The maximum atomic E-state index is 4.71. The minimum atomic E-state index is 0.692. The third-order valence-electron chi connectivity index (χ3n) is 4.56. The van der Waals surface area contributed by atoms with E-state index in [1.54, 1.807) is 0 Å². The molecule has 4 rings (SSSR count). The fourth-order valence-electron chi connectivity index (χ4n) is 3.18. The van der Waals surface area contributed by atoms with Gasteiger partial charge in [-0.1, -0.05) is 66.7 Å². The van der Waals surface area contributed by atoms with Crippen molar-refractivity contribution in [2.24, 2.45) is 0 Å². The van der Waals surface area contributed by atoms with E-state index in [0.717, 1.165) is 11.1 Å². The highest BCUT2D eigenvalue weighted by atomic mass is 127. The van der Waals surface area contributed by atoms with Crippen LogP contribution in [0.25, 0.3) is 33.9 Å². The molecule has 0 spiro atoms. The van der Waals surface area contributed by atoms with E-state index in [1.165, 1.54) is 22.3 Å². The highest BCUT2D eigenvalue weighted by Gasteiger charge is 2.11. The lowest BCUT2D eigenvalue weighted by Crippen LogP contribution is -2.00. The molecule has 132 valence electrons. The first-order chi connectivity index (χ1) is 13.1. The first-order valence-electron chi connectivity index (χ1n) is 8.76. The molecule has 1 heterocycles. The van der Waals surface area contributed by atoms with E-state index in [-0.39, 0.29) is 0 Å². The maximum Gasteiger partial charge on any atom is 0.194 e. The van der Waals surface area contributed by atoms with Crippen LogP contribution in [-0.4, -0.2) is 15.0 Å². The second-order valence-electron chi connectivity index (χ2n) is 6.46. The van der Waals surface area contributed by atoms with Crippen LogP contribution in [0.3, 0.4) is 0 Å². The summed E-state index contributed by atoms with van der Waals surface area (Å²) in [6.07, 6.45) is 0. The molecule has 0 aliphatic heterocycles. The van der Waals surface area contributed by atoms with Crippen molar-refractivity contribution in [3.05, 3.63) is 87.8 Å². The number of aromatic nitrogens is 3. The standard InChI is InChI=1S/C23H18IN3/c1-15-8-6-7-11-19(15)20-13-12-18(14-16(20)2)22-25-21(26-23(24)27-22)17-9-4-3-5-10-17/h3-14H,1-2H3. The lowest BCUT2D eigenvalue weighted by atomic mass is 9.95. The van der Waals surface area contributed by atoms with Gasteiger partial charge in [-0.25, -0.2) is 15.0 Å². The number of benzene rings is 3. The van der Waals surface area contributed by atoms with Crippen LogP contribution >= 0.6 is 22.6 Å². The lowest BCUT2D eigenvalue weighted by Gasteiger charge is -2.11. The van der Waals surface area contributed by atoms with Crippen LogP contribution in [0.5, 0.6) is 0 Å². The maximum absolute atomic E-state index is 4.71. The zero-order valence-electron chi connectivity index (χ0n) is 15.1. The summed E-state index contributed by atoms with van der Waals surface area (Å²) in [5.74, 6) is 1.40. The molecule has 3 aromatic carbocycles. The molecule has 0 bridgehead atoms. The van der Waals surface area contributed by atoms with E-state index in [1.807, 2.05) is 30.3 Å². The van der Waals surface area contributed by atoms with Crippen LogP contribution in [0, 0.1) is 17.7 Å². The van der Waals surface area contributed by atoms with E-state index in [4.69, 9.17) is 4.98 Å². The first kappa shape index (κ1) is 17.8. The summed E-state index contributed by atoms with van der Waals surface area (Å²) in [5, 5.41) is 0. The smallest absolute Gasteiger partial charge is 0.194 e. The van der Waals surface area contributed by atoms with E-state index in [2.05, 4.69) is 88.9 Å². The monoisotopic (exact) mass is 463 g/mol. The Bertz CT molecular complexity index is 1110. The van der Waals surface area contributed by atoms with Crippen molar-refractivity contribution in [1.82, 2.24) is 15.0 Å². The van der Waals surface area contributed by atoms with Crippen LogP contribution in [0.2, 0.25) is 0 Å². The normalized spacial score (nSPS) is 10.8. The second kappa shape index (κ2) is 7.56. The Kier molecular flexibility index (Phi) is 4.99. The predicted molar refractivity (Wildman–Crippen MR) is 118 cm³/mol. The van der Waals surface area contributed by atoms with Crippen molar-refractivity contribution >= 4 is 22.6 Å². The van der Waals surface area contributed by atoms with Gasteiger partial charge in [0, 0.05) is 33.7 Å². The van der Waals surface area contributed by atoms with Crippen LogP contribution in [-0.2, 0) is 0 Å². The largest absolute Gasteiger partial charge is 0.208 e. The Labute approximate surface area is 172 Å². The minimum Gasteiger partial charge on any atom is -0.208 e. The fourth-order valence-corrected chi connectivity index (χ4v) is 3.63. The number of halogens is 1. The average Bonchev–Trinajstić information content (AvgIpc) is 2.69. The molecule has 0 aliphatic rings. The van der Waals surface area contributed by atoms with Crippen molar-refractivity contribution < 1.29 is 0 Å². The predicted octanol–water partition coefficient (Wildman–Crippen LogP) is 6.09. The topological polar surface area (TPSA) is 38.7 Å². The number of nitrogens with zero attached hydrogens (tertiary/aromatic N) is 3. The zero-order valence-corrected chi connectivity index (χ0v) is 17.3. The van der Waals surface area contributed by atoms with Gasteiger partial charge in [0.2, 0.25) is 0 Å². The quantitative estimate of drug-likeness (QED) is 0.345. The second-order valence-corrected chi connectivity index (χ2v) is 7.43. The molecule has 1 aromatic heterocycles. The van der Waals surface area contributed by atoms with Gasteiger partial charge in [-0.2, -0.15) is 0 Å². The molecule has 0 saturated carbocycles. The van der Waals surface area contributed by atoms with E-state index < -0.39 is 0 Å². The van der Waals surface area contributed by atoms with Gasteiger partial charge in [0.15, 0.2) is 15.5 Å². The summed E-state index contributed by atoms with van der Waals surface area (Å²) in [4.78, 5) is 13.8. The van der Waals surface area contributed by atoms with E-state index in [9.17, 15) is 0 Å². The summed E-state index contributed by atoms with van der Waals surface area (Å²) in [6, 6.07) is 24.9. The van der Waals surface area contributed by atoms with Gasteiger partial charge in [-0.3, -0.25) is 0 Å². The molecule has 0 amide bonds. The first-order valence-corrected chi connectivity index (χ1v) is 9.84. The zero-order chi connectivity index (χ0) is 18.8.